The minimum absolute atomic E-state index is 0.225. The molecular formula is C13H14ClN3O2S. The minimum Gasteiger partial charge on any atom is -0.378 e. The minimum atomic E-state index is -3.26. The van der Waals surface area contributed by atoms with Crippen molar-refractivity contribution >= 4 is 27.1 Å². The van der Waals surface area contributed by atoms with Gasteiger partial charge in [-0.1, -0.05) is 11.6 Å². The predicted octanol–water partition coefficient (Wildman–Crippen LogP) is 2.45. The number of halogens is 1. The van der Waals surface area contributed by atoms with E-state index in [9.17, 15) is 8.42 Å². The van der Waals surface area contributed by atoms with Gasteiger partial charge in [-0.2, -0.15) is 0 Å². The van der Waals surface area contributed by atoms with Crippen LogP contribution in [0.5, 0.6) is 0 Å². The summed E-state index contributed by atoms with van der Waals surface area (Å²) in [5, 5.41) is 3.54. The Kier molecular flexibility index (Phi) is 4.25. The maximum Gasteiger partial charge on any atom is 0.175 e. The van der Waals surface area contributed by atoms with Gasteiger partial charge in [0.2, 0.25) is 0 Å². The third kappa shape index (κ3) is 3.68. The van der Waals surface area contributed by atoms with Gasteiger partial charge in [0, 0.05) is 12.5 Å². The molecule has 1 aromatic carbocycles. The largest absolute Gasteiger partial charge is 0.378 e. The van der Waals surface area contributed by atoms with E-state index in [-0.39, 0.29) is 4.90 Å². The second-order valence-corrected chi connectivity index (χ2v) is 6.79. The number of aromatic nitrogens is 2. The summed E-state index contributed by atoms with van der Waals surface area (Å²) in [6, 6.07) is 6.35. The molecule has 0 saturated heterocycles. The maximum absolute atomic E-state index is 11.5. The molecule has 7 heteroatoms. The van der Waals surface area contributed by atoms with Gasteiger partial charge in [0.15, 0.2) is 9.84 Å². The zero-order chi connectivity index (χ0) is 14.8. The Labute approximate surface area is 123 Å². The molecule has 1 heterocycles. The molecular weight excluding hydrogens is 298 g/mol. The maximum atomic E-state index is 11.5. The van der Waals surface area contributed by atoms with Crippen molar-refractivity contribution in [3.05, 3.63) is 47.0 Å². The fraction of sp³-hybridized carbons (Fsp3) is 0.231. The molecule has 1 N–H and O–H groups in total. The Hall–Kier alpha value is -1.66. The number of hydrogen-bond donors (Lipinski definition) is 1. The van der Waals surface area contributed by atoms with Gasteiger partial charge < -0.3 is 5.32 Å². The van der Waals surface area contributed by atoms with Crippen LogP contribution in [-0.4, -0.2) is 24.6 Å². The Morgan fingerprint density at radius 2 is 2.05 bits per heavy atom. The van der Waals surface area contributed by atoms with Gasteiger partial charge in [0.1, 0.15) is 5.82 Å². The van der Waals surface area contributed by atoms with E-state index in [0.717, 1.165) is 11.9 Å². The van der Waals surface area contributed by atoms with Crippen LogP contribution in [0.25, 0.3) is 0 Å². The molecule has 0 saturated carbocycles. The van der Waals surface area contributed by atoms with Crippen molar-refractivity contribution in [2.45, 2.75) is 18.4 Å². The number of nitrogens with zero attached hydrogens (tertiary/aromatic N) is 2. The van der Waals surface area contributed by atoms with Gasteiger partial charge in [-0.25, -0.2) is 18.4 Å². The van der Waals surface area contributed by atoms with E-state index >= 15 is 0 Å². The fourth-order valence-electron chi connectivity index (χ4n) is 1.66. The molecule has 0 radical (unpaired) electrons. The first-order chi connectivity index (χ1) is 9.36. The van der Waals surface area contributed by atoms with Crippen molar-refractivity contribution in [3.8, 4) is 0 Å². The van der Waals surface area contributed by atoms with Crippen molar-refractivity contribution in [1.29, 1.82) is 0 Å². The van der Waals surface area contributed by atoms with Gasteiger partial charge in [0.05, 0.1) is 27.8 Å². The van der Waals surface area contributed by atoms with Crippen molar-refractivity contribution < 1.29 is 8.42 Å². The average molecular weight is 312 g/mol. The lowest BCUT2D eigenvalue weighted by molar-refractivity contribution is 0.602. The molecule has 0 aliphatic carbocycles. The number of benzene rings is 1. The highest BCUT2D eigenvalue weighted by molar-refractivity contribution is 7.90. The zero-order valence-corrected chi connectivity index (χ0v) is 12.7. The number of rotatable bonds is 4. The van der Waals surface area contributed by atoms with Crippen LogP contribution < -0.4 is 5.32 Å². The summed E-state index contributed by atoms with van der Waals surface area (Å²) < 4.78 is 23.0. The lowest BCUT2D eigenvalue weighted by Crippen LogP contribution is -2.05. The molecule has 20 heavy (non-hydrogen) atoms. The summed E-state index contributed by atoms with van der Waals surface area (Å²) in [7, 11) is -3.26. The van der Waals surface area contributed by atoms with Gasteiger partial charge >= 0.3 is 0 Å². The lowest BCUT2D eigenvalue weighted by Gasteiger charge is -2.09. The SMILES string of the molecule is Cc1nccc(CNc2cc(S(C)(=O)=O)ccc2Cl)n1. The standard InChI is InChI=1S/C13H14ClN3O2S/c1-9-15-6-5-10(17-9)8-16-13-7-11(20(2,18)19)3-4-12(13)14/h3-7,16H,8H2,1-2H3. The molecule has 2 aromatic rings. The van der Waals surface area contributed by atoms with Crippen molar-refractivity contribution in [2.75, 3.05) is 11.6 Å². The van der Waals surface area contributed by atoms with E-state index in [0.29, 0.717) is 23.1 Å². The third-order valence-corrected chi connectivity index (χ3v) is 4.10. The zero-order valence-electron chi connectivity index (χ0n) is 11.1. The van der Waals surface area contributed by atoms with Crippen molar-refractivity contribution in [2.24, 2.45) is 0 Å². The highest BCUT2D eigenvalue weighted by atomic mass is 35.5. The van der Waals surface area contributed by atoms with Crippen LogP contribution in [-0.2, 0) is 16.4 Å². The number of hydrogen-bond acceptors (Lipinski definition) is 5. The fourth-order valence-corrected chi connectivity index (χ4v) is 2.49. The molecule has 0 spiro atoms. The van der Waals surface area contributed by atoms with Gasteiger partial charge in [-0.3, -0.25) is 0 Å². The second-order valence-electron chi connectivity index (χ2n) is 4.36. The third-order valence-electron chi connectivity index (χ3n) is 2.66. The first-order valence-electron chi connectivity index (χ1n) is 5.88. The number of anilines is 1. The van der Waals surface area contributed by atoms with Gasteiger partial charge in [0.25, 0.3) is 0 Å². The monoisotopic (exact) mass is 311 g/mol. The molecule has 5 nitrogen and oxygen atoms in total. The molecule has 0 aliphatic rings. The lowest BCUT2D eigenvalue weighted by atomic mass is 10.3. The highest BCUT2D eigenvalue weighted by Crippen LogP contribution is 2.25. The average Bonchev–Trinajstić information content (AvgIpc) is 2.36. The molecule has 0 aliphatic heterocycles. The Balaban J connectivity index is 2.21. The molecule has 0 amide bonds. The van der Waals surface area contributed by atoms with E-state index in [1.54, 1.807) is 25.3 Å². The summed E-state index contributed by atoms with van der Waals surface area (Å²) >= 11 is 6.05. The Morgan fingerprint density at radius 1 is 1.30 bits per heavy atom. The summed E-state index contributed by atoms with van der Waals surface area (Å²) in [4.78, 5) is 8.49. The van der Waals surface area contributed by atoms with Crippen LogP contribution in [0.3, 0.4) is 0 Å². The van der Waals surface area contributed by atoms with Crippen LogP contribution in [0.2, 0.25) is 5.02 Å². The van der Waals surface area contributed by atoms with Crippen LogP contribution in [0.4, 0.5) is 5.69 Å². The topological polar surface area (TPSA) is 72.0 Å². The smallest absolute Gasteiger partial charge is 0.175 e. The highest BCUT2D eigenvalue weighted by Gasteiger charge is 2.10. The first-order valence-corrected chi connectivity index (χ1v) is 8.15. The molecule has 1 aromatic heterocycles. The molecule has 0 bridgehead atoms. The summed E-state index contributed by atoms with van der Waals surface area (Å²) in [6.45, 7) is 2.25. The molecule has 0 atom stereocenters. The summed E-state index contributed by atoms with van der Waals surface area (Å²) in [5.41, 5.74) is 1.36. The summed E-state index contributed by atoms with van der Waals surface area (Å²) in [6.07, 6.45) is 2.83. The van der Waals surface area contributed by atoms with E-state index in [2.05, 4.69) is 15.3 Å². The number of nitrogens with one attached hydrogen (secondary N) is 1. The Bertz CT molecular complexity index is 732. The van der Waals surface area contributed by atoms with E-state index in [1.165, 1.54) is 12.1 Å². The summed E-state index contributed by atoms with van der Waals surface area (Å²) in [5.74, 6) is 0.681. The van der Waals surface area contributed by atoms with Gasteiger partial charge in [-0.15, -0.1) is 0 Å². The van der Waals surface area contributed by atoms with Crippen LogP contribution in [0.15, 0.2) is 35.4 Å². The molecule has 0 unspecified atom stereocenters. The normalized spacial score (nSPS) is 11.3. The van der Waals surface area contributed by atoms with Crippen molar-refractivity contribution in [1.82, 2.24) is 9.97 Å². The van der Waals surface area contributed by atoms with E-state index in [1.807, 2.05) is 0 Å². The number of sulfone groups is 1. The predicted molar refractivity (Wildman–Crippen MR) is 78.7 cm³/mol. The quantitative estimate of drug-likeness (QED) is 0.939. The molecule has 0 fully saturated rings. The van der Waals surface area contributed by atoms with Gasteiger partial charge in [-0.05, 0) is 31.2 Å². The molecule has 106 valence electrons. The van der Waals surface area contributed by atoms with Crippen molar-refractivity contribution in [3.63, 3.8) is 0 Å². The van der Waals surface area contributed by atoms with Crippen LogP contribution in [0.1, 0.15) is 11.5 Å². The first kappa shape index (κ1) is 14.7. The second kappa shape index (κ2) is 5.76. The van der Waals surface area contributed by atoms with Crippen LogP contribution in [0, 0.1) is 6.92 Å². The Morgan fingerprint density at radius 3 is 2.70 bits per heavy atom. The van der Waals surface area contributed by atoms with Crippen LogP contribution >= 0.6 is 11.6 Å². The van der Waals surface area contributed by atoms with E-state index < -0.39 is 9.84 Å². The number of aryl methyl sites for hydroxylation is 1. The van der Waals surface area contributed by atoms with E-state index in [4.69, 9.17) is 11.6 Å². The molecule has 2 rings (SSSR count).